The van der Waals surface area contributed by atoms with Crippen LogP contribution < -0.4 is 0 Å². The predicted octanol–water partition coefficient (Wildman–Crippen LogP) is 1.65. The second-order valence-corrected chi connectivity index (χ2v) is 3.96. The van der Waals surface area contributed by atoms with Crippen molar-refractivity contribution in [3.05, 3.63) is 11.6 Å². The quantitative estimate of drug-likeness (QED) is 0.529. The van der Waals surface area contributed by atoms with Gasteiger partial charge >= 0.3 is 5.97 Å². The van der Waals surface area contributed by atoms with E-state index in [2.05, 4.69) is 0 Å². The molecule has 86 valence electrons. The maximum atomic E-state index is 11.2. The van der Waals surface area contributed by atoms with Crippen molar-refractivity contribution in [2.24, 2.45) is 0 Å². The first-order chi connectivity index (χ1) is 6.94. The standard InChI is InChI=1S/C11H18O4/c1-5-13-10(12)6-8(2)9-7-14-11(3,4)15-9/h6,9H,5,7H2,1-4H3/b8-6-/t9-/m1/s1. The van der Waals surface area contributed by atoms with Gasteiger partial charge in [-0.25, -0.2) is 4.79 Å². The van der Waals surface area contributed by atoms with Gasteiger partial charge in [-0.1, -0.05) is 0 Å². The lowest BCUT2D eigenvalue weighted by atomic mass is 10.1. The van der Waals surface area contributed by atoms with Gasteiger partial charge < -0.3 is 14.2 Å². The molecule has 1 aliphatic rings. The molecule has 15 heavy (non-hydrogen) atoms. The molecule has 0 saturated carbocycles. The van der Waals surface area contributed by atoms with Gasteiger partial charge in [0.05, 0.1) is 13.2 Å². The normalized spacial score (nSPS) is 25.3. The zero-order valence-corrected chi connectivity index (χ0v) is 9.70. The SMILES string of the molecule is CCOC(=O)/C=C(/C)[C@H]1COC(C)(C)O1. The molecule has 0 aromatic heterocycles. The molecule has 1 saturated heterocycles. The largest absolute Gasteiger partial charge is 0.463 e. The van der Waals surface area contributed by atoms with Crippen molar-refractivity contribution in [1.29, 1.82) is 0 Å². The number of esters is 1. The molecule has 1 fully saturated rings. The van der Waals surface area contributed by atoms with Crippen LogP contribution in [0.2, 0.25) is 0 Å². The zero-order chi connectivity index (χ0) is 11.5. The summed E-state index contributed by atoms with van der Waals surface area (Å²) in [5.41, 5.74) is 0.832. The number of hydrogen-bond acceptors (Lipinski definition) is 4. The lowest BCUT2D eigenvalue weighted by Crippen LogP contribution is -2.22. The fourth-order valence-electron chi connectivity index (χ4n) is 1.37. The minimum Gasteiger partial charge on any atom is -0.463 e. The van der Waals surface area contributed by atoms with Crippen LogP contribution in [0.3, 0.4) is 0 Å². The first-order valence-electron chi connectivity index (χ1n) is 5.11. The maximum absolute atomic E-state index is 11.2. The second kappa shape index (κ2) is 4.77. The molecule has 0 bridgehead atoms. The third-order valence-corrected chi connectivity index (χ3v) is 2.15. The summed E-state index contributed by atoms with van der Waals surface area (Å²) in [7, 11) is 0. The summed E-state index contributed by atoms with van der Waals surface area (Å²) in [5.74, 6) is -0.891. The predicted molar refractivity (Wildman–Crippen MR) is 55.3 cm³/mol. The van der Waals surface area contributed by atoms with Crippen molar-refractivity contribution < 1.29 is 19.0 Å². The van der Waals surface area contributed by atoms with E-state index in [0.717, 1.165) is 5.57 Å². The molecule has 0 aliphatic carbocycles. The third-order valence-electron chi connectivity index (χ3n) is 2.15. The Balaban J connectivity index is 2.54. The van der Waals surface area contributed by atoms with Crippen LogP contribution in [0.5, 0.6) is 0 Å². The Bertz CT molecular complexity index is 268. The Morgan fingerprint density at radius 3 is 2.73 bits per heavy atom. The lowest BCUT2D eigenvalue weighted by Gasteiger charge is -2.17. The van der Waals surface area contributed by atoms with Gasteiger partial charge in [0.25, 0.3) is 0 Å². The molecule has 1 aliphatic heterocycles. The van der Waals surface area contributed by atoms with E-state index in [1.807, 2.05) is 20.8 Å². The summed E-state index contributed by atoms with van der Waals surface area (Å²) in [6, 6.07) is 0. The highest BCUT2D eigenvalue weighted by Crippen LogP contribution is 2.26. The Hall–Kier alpha value is -0.870. The summed E-state index contributed by atoms with van der Waals surface area (Å²) in [6.45, 7) is 8.19. The van der Waals surface area contributed by atoms with Gasteiger partial charge in [-0.3, -0.25) is 0 Å². The minimum atomic E-state index is -0.561. The lowest BCUT2D eigenvalue weighted by molar-refractivity contribution is -0.138. The molecular formula is C11H18O4. The fraction of sp³-hybridized carbons (Fsp3) is 0.727. The van der Waals surface area contributed by atoms with E-state index in [-0.39, 0.29) is 12.1 Å². The average molecular weight is 214 g/mol. The van der Waals surface area contributed by atoms with Crippen LogP contribution in [-0.2, 0) is 19.0 Å². The van der Waals surface area contributed by atoms with Gasteiger partial charge in [0.15, 0.2) is 5.79 Å². The smallest absolute Gasteiger partial charge is 0.330 e. The van der Waals surface area contributed by atoms with Crippen molar-refractivity contribution >= 4 is 5.97 Å². The molecule has 1 heterocycles. The van der Waals surface area contributed by atoms with Crippen LogP contribution in [0, 0.1) is 0 Å². The van der Waals surface area contributed by atoms with E-state index in [0.29, 0.717) is 13.2 Å². The maximum Gasteiger partial charge on any atom is 0.330 e. The summed E-state index contributed by atoms with van der Waals surface area (Å²) in [5, 5.41) is 0. The molecule has 0 N–H and O–H groups in total. The molecule has 1 atom stereocenters. The zero-order valence-electron chi connectivity index (χ0n) is 9.70. The van der Waals surface area contributed by atoms with E-state index in [4.69, 9.17) is 14.2 Å². The van der Waals surface area contributed by atoms with Crippen molar-refractivity contribution in [3.63, 3.8) is 0 Å². The van der Waals surface area contributed by atoms with E-state index in [1.165, 1.54) is 6.08 Å². The third kappa shape index (κ3) is 3.64. The van der Waals surface area contributed by atoms with Crippen molar-refractivity contribution in [3.8, 4) is 0 Å². The molecular weight excluding hydrogens is 196 g/mol. The first kappa shape index (κ1) is 12.2. The minimum absolute atomic E-state index is 0.149. The highest BCUT2D eigenvalue weighted by atomic mass is 16.7. The van der Waals surface area contributed by atoms with Crippen LogP contribution in [-0.4, -0.2) is 31.1 Å². The monoisotopic (exact) mass is 214 g/mol. The first-order valence-corrected chi connectivity index (χ1v) is 5.11. The van der Waals surface area contributed by atoms with Crippen LogP contribution in [0.4, 0.5) is 0 Å². The molecule has 0 aromatic rings. The number of rotatable bonds is 3. The molecule has 0 radical (unpaired) electrons. The summed E-state index contributed by atoms with van der Waals surface area (Å²) in [6.07, 6.45) is 1.31. The Morgan fingerprint density at radius 1 is 1.60 bits per heavy atom. The van der Waals surface area contributed by atoms with Crippen LogP contribution in [0.15, 0.2) is 11.6 Å². The van der Waals surface area contributed by atoms with Crippen LogP contribution >= 0.6 is 0 Å². The van der Waals surface area contributed by atoms with E-state index in [9.17, 15) is 4.79 Å². The topological polar surface area (TPSA) is 44.8 Å². The molecule has 4 nitrogen and oxygen atoms in total. The number of ether oxygens (including phenoxy) is 3. The number of carbonyl (C=O) groups is 1. The van der Waals surface area contributed by atoms with E-state index >= 15 is 0 Å². The molecule has 4 heteroatoms. The van der Waals surface area contributed by atoms with Gasteiger partial charge in [-0.2, -0.15) is 0 Å². The van der Waals surface area contributed by atoms with Gasteiger partial charge in [-0.05, 0) is 33.3 Å². The summed E-state index contributed by atoms with van der Waals surface area (Å²) in [4.78, 5) is 11.2. The van der Waals surface area contributed by atoms with E-state index in [1.54, 1.807) is 6.92 Å². The van der Waals surface area contributed by atoms with Gasteiger partial charge in [0.1, 0.15) is 6.10 Å². The number of hydrogen-bond donors (Lipinski definition) is 0. The van der Waals surface area contributed by atoms with Gasteiger partial charge in [0, 0.05) is 6.08 Å². The summed E-state index contributed by atoms with van der Waals surface area (Å²) >= 11 is 0. The highest BCUT2D eigenvalue weighted by molar-refractivity contribution is 5.82. The molecule has 0 spiro atoms. The Morgan fingerprint density at radius 2 is 2.27 bits per heavy atom. The summed E-state index contributed by atoms with van der Waals surface area (Å²) < 4.78 is 15.8. The van der Waals surface area contributed by atoms with Crippen molar-refractivity contribution in [2.45, 2.75) is 39.6 Å². The van der Waals surface area contributed by atoms with Crippen LogP contribution in [0.25, 0.3) is 0 Å². The van der Waals surface area contributed by atoms with Gasteiger partial charge in [-0.15, -0.1) is 0 Å². The average Bonchev–Trinajstić information content (AvgIpc) is 2.46. The second-order valence-electron chi connectivity index (χ2n) is 3.96. The molecule has 0 aromatic carbocycles. The Labute approximate surface area is 90.2 Å². The number of carbonyl (C=O) groups excluding carboxylic acids is 1. The van der Waals surface area contributed by atoms with Crippen LogP contribution in [0.1, 0.15) is 27.7 Å². The molecule has 1 rings (SSSR count). The van der Waals surface area contributed by atoms with E-state index < -0.39 is 5.79 Å². The Kier molecular flexibility index (Phi) is 3.88. The van der Waals surface area contributed by atoms with Gasteiger partial charge in [0.2, 0.25) is 0 Å². The van der Waals surface area contributed by atoms with Crippen molar-refractivity contribution in [1.82, 2.24) is 0 Å². The fourth-order valence-corrected chi connectivity index (χ4v) is 1.37. The van der Waals surface area contributed by atoms with Crippen molar-refractivity contribution in [2.75, 3.05) is 13.2 Å². The molecule has 0 amide bonds. The highest BCUT2D eigenvalue weighted by Gasteiger charge is 2.33. The molecule has 0 unspecified atom stereocenters.